The second-order valence-electron chi connectivity index (χ2n) is 5.32. The summed E-state index contributed by atoms with van der Waals surface area (Å²) in [6, 6.07) is 0.769. The van der Waals surface area contributed by atoms with Crippen LogP contribution in [0.3, 0.4) is 0 Å². The van der Waals surface area contributed by atoms with Crippen LogP contribution in [-0.2, 0) is 9.47 Å². The highest BCUT2D eigenvalue weighted by atomic mass is 16.7. The van der Waals surface area contributed by atoms with E-state index < -0.39 is 0 Å². The van der Waals surface area contributed by atoms with Gasteiger partial charge >= 0.3 is 0 Å². The van der Waals surface area contributed by atoms with Crippen LogP contribution in [0.15, 0.2) is 0 Å². The molecule has 0 bridgehead atoms. The number of likely N-dealkylation sites (tertiary alicyclic amines) is 1. The van der Waals surface area contributed by atoms with Crippen molar-refractivity contribution in [2.75, 3.05) is 26.3 Å². The third-order valence-electron chi connectivity index (χ3n) is 4.30. The number of nitrogens with two attached hydrogens (primary N) is 1. The van der Waals surface area contributed by atoms with Crippen molar-refractivity contribution in [3.05, 3.63) is 0 Å². The average Bonchev–Trinajstić information content (AvgIpc) is 2.94. The van der Waals surface area contributed by atoms with Gasteiger partial charge in [-0.3, -0.25) is 4.90 Å². The third-order valence-corrected chi connectivity index (χ3v) is 4.30. The second kappa shape index (κ2) is 4.26. The molecule has 3 fully saturated rings. The molecule has 2 unspecified atom stereocenters. The van der Waals surface area contributed by atoms with Gasteiger partial charge in [-0.1, -0.05) is 0 Å². The normalized spacial score (nSPS) is 39.6. The van der Waals surface area contributed by atoms with Crippen LogP contribution in [0.25, 0.3) is 0 Å². The zero-order valence-electron chi connectivity index (χ0n) is 9.86. The maximum absolute atomic E-state index is 6.26. The smallest absolute Gasteiger partial charge is 0.170 e. The maximum Gasteiger partial charge on any atom is 0.170 e. The monoisotopic (exact) mass is 226 g/mol. The van der Waals surface area contributed by atoms with Crippen LogP contribution in [-0.4, -0.2) is 49.1 Å². The number of nitrogens with zero attached hydrogens (tertiary/aromatic N) is 1. The summed E-state index contributed by atoms with van der Waals surface area (Å²) in [5.74, 6) is -0.289. The Morgan fingerprint density at radius 1 is 1.12 bits per heavy atom. The molecule has 3 rings (SSSR count). The Kier molecular flexibility index (Phi) is 2.92. The summed E-state index contributed by atoms with van der Waals surface area (Å²) in [7, 11) is 0. The van der Waals surface area contributed by atoms with E-state index in [1.165, 1.54) is 25.9 Å². The predicted molar refractivity (Wildman–Crippen MR) is 61.1 cm³/mol. The van der Waals surface area contributed by atoms with Crippen LogP contribution >= 0.6 is 0 Å². The summed E-state index contributed by atoms with van der Waals surface area (Å²) in [6.45, 7) is 3.91. The lowest BCUT2D eigenvalue weighted by molar-refractivity contribution is -0.191. The summed E-state index contributed by atoms with van der Waals surface area (Å²) >= 11 is 0. The Morgan fingerprint density at radius 2 is 1.81 bits per heavy atom. The molecule has 1 saturated carbocycles. The van der Waals surface area contributed by atoms with Crippen LogP contribution in [0.2, 0.25) is 0 Å². The van der Waals surface area contributed by atoms with E-state index in [0.29, 0.717) is 12.1 Å². The lowest BCUT2D eigenvalue weighted by Gasteiger charge is -2.43. The number of ether oxygens (including phenoxy) is 2. The summed E-state index contributed by atoms with van der Waals surface area (Å²) in [5.41, 5.74) is 6.26. The molecule has 16 heavy (non-hydrogen) atoms. The van der Waals surface area contributed by atoms with Gasteiger partial charge in [-0.05, 0) is 32.4 Å². The van der Waals surface area contributed by atoms with E-state index >= 15 is 0 Å². The van der Waals surface area contributed by atoms with Crippen LogP contribution in [0.4, 0.5) is 0 Å². The number of hydrogen-bond acceptors (Lipinski definition) is 4. The molecule has 1 spiro atoms. The Labute approximate surface area is 97.1 Å². The highest BCUT2D eigenvalue weighted by Crippen LogP contribution is 2.37. The predicted octanol–water partition coefficient (Wildman–Crippen LogP) is 0.705. The van der Waals surface area contributed by atoms with Crippen molar-refractivity contribution in [2.24, 2.45) is 5.73 Å². The third kappa shape index (κ3) is 1.88. The quantitative estimate of drug-likeness (QED) is 0.715. The first-order chi connectivity index (χ1) is 7.79. The fourth-order valence-electron chi connectivity index (χ4n) is 3.38. The van der Waals surface area contributed by atoms with Crippen molar-refractivity contribution in [3.63, 3.8) is 0 Å². The summed E-state index contributed by atoms with van der Waals surface area (Å²) in [4.78, 5) is 2.54. The second-order valence-corrected chi connectivity index (χ2v) is 5.32. The Bertz CT molecular complexity index is 247. The summed E-state index contributed by atoms with van der Waals surface area (Å²) in [6.07, 6.45) is 5.60. The molecule has 0 aromatic heterocycles. The zero-order chi connectivity index (χ0) is 11.0. The summed E-state index contributed by atoms with van der Waals surface area (Å²) in [5, 5.41) is 0. The highest BCUT2D eigenvalue weighted by molar-refractivity contribution is 4.96. The first kappa shape index (κ1) is 11.0. The minimum absolute atomic E-state index is 0.289. The molecule has 2 N–H and O–H groups in total. The SMILES string of the molecule is NC1CCC2(CC1N1CCCC1)OCCO2. The van der Waals surface area contributed by atoms with E-state index in [9.17, 15) is 0 Å². The molecule has 4 heteroatoms. The van der Waals surface area contributed by atoms with Gasteiger partial charge in [0.1, 0.15) is 0 Å². The van der Waals surface area contributed by atoms with Crippen LogP contribution in [0.1, 0.15) is 32.1 Å². The molecule has 2 saturated heterocycles. The van der Waals surface area contributed by atoms with E-state index in [4.69, 9.17) is 15.2 Å². The first-order valence-electron chi connectivity index (χ1n) is 6.57. The Balaban J connectivity index is 1.70. The number of rotatable bonds is 1. The first-order valence-corrected chi connectivity index (χ1v) is 6.57. The van der Waals surface area contributed by atoms with Gasteiger partial charge in [-0.2, -0.15) is 0 Å². The summed E-state index contributed by atoms with van der Waals surface area (Å²) < 4.78 is 11.6. The Morgan fingerprint density at radius 3 is 2.50 bits per heavy atom. The molecule has 2 aliphatic heterocycles. The van der Waals surface area contributed by atoms with Gasteiger partial charge < -0.3 is 15.2 Å². The van der Waals surface area contributed by atoms with E-state index in [1.54, 1.807) is 0 Å². The van der Waals surface area contributed by atoms with Gasteiger partial charge in [0.05, 0.1) is 13.2 Å². The van der Waals surface area contributed by atoms with Gasteiger partial charge in [-0.15, -0.1) is 0 Å². The van der Waals surface area contributed by atoms with Gasteiger partial charge in [-0.25, -0.2) is 0 Å². The van der Waals surface area contributed by atoms with Crippen molar-refractivity contribution in [3.8, 4) is 0 Å². The minimum Gasteiger partial charge on any atom is -0.347 e. The molecule has 0 amide bonds. The van der Waals surface area contributed by atoms with E-state index in [0.717, 1.165) is 32.5 Å². The molecular formula is C12H22N2O2. The standard InChI is InChI=1S/C12H22N2O2/c13-10-3-4-12(15-7-8-16-12)9-11(10)14-5-1-2-6-14/h10-11H,1-9,13H2. The Hall–Kier alpha value is -0.160. The van der Waals surface area contributed by atoms with Crippen molar-refractivity contribution >= 4 is 0 Å². The highest BCUT2D eigenvalue weighted by Gasteiger charge is 2.46. The molecule has 0 aromatic rings. The van der Waals surface area contributed by atoms with Gasteiger partial charge in [0.2, 0.25) is 0 Å². The van der Waals surface area contributed by atoms with Gasteiger partial charge in [0.25, 0.3) is 0 Å². The molecular weight excluding hydrogens is 204 g/mol. The van der Waals surface area contributed by atoms with Crippen LogP contribution in [0.5, 0.6) is 0 Å². The topological polar surface area (TPSA) is 47.7 Å². The molecule has 2 atom stereocenters. The number of hydrogen-bond donors (Lipinski definition) is 1. The van der Waals surface area contributed by atoms with E-state index in [2.05, 4.69) is 4.90 Å². The van der Waals surface area contributed by atoms with Crippen molar-refractivity contribution in [2.45, 2.75) is 50.0 Å². The van der Waals surface area contributed by atoms with E-state index in [1.807, 2.05) is 0 Å². The fraction of sp³-hybridized carbons (Fsp3) is 1.00. The van der Waals surface area contributed by atoms with Crippen molar-refractivity contribution in [1.82, 2.24) is 4.90 Å². The zero-order valence-corrected chi connectivity index (χ0v) is 9.86. The van der Waals surface area contributed by atoms with Crippen molar-refractivity contribution in [1.29, 1.82) is 0 Å². The van der Waals surface area contributed by atoms with Crippen LogP contribution < -0.4 is 5.73 Å². The molecule has 0 radical (unpaired) electrons. The molecule has 3 aliphatic rings. The molecule has 1 aliphatic carbocycles. The minimum atomic E-state index is -0.289. The lowest BCUT2D eigenvalue weighted by Crippen LogP contribution is -2.55. The van der Waals surface area contributed by atoms with Crippen LogP contribution in [0, 0.1) is 0 Å². The molecule has 4 nitrogen and oxygen atoms in total. The lowest BCUT2D eigenvalue weighted by atomic mass is 9.85. The van der Waals surface area contributed by atoms with E-state index in [-0.39, 0.29) is 5.79 Å². The van der Waals surface area contributed by atoms with Gasteiger partial charge in [0.15, 0.2) is 5.79 Å². The fourth-order valence-corrected chi connectivity index (χ4v) is 3.38. The molecule has 2 heterocycles. The maximum atomic E-state index is 6.26. The van der Waals surface area contributed by atoms with Crippen molar-refractivity contribution < 1.29 is 9.47 Å². The molecule has 0 aromatic carbocycles. The average molecular weight is 226 g/mol. The largest absolute Gasteiger partial charge is 0.347 e. The van der Waals surface area contributed by atoms with Gasteiger partial charge in [0, 0.05) is 24.9 Å². The molecule has 92 valence electrons.